The van der Waals surface area contributed by atoms with Crippen LogP contribution in [0.15, 0.2) is 18.5 Å². The minimum Gasteiger partial charge on any atom is -0.398 e. The number of rotatable bonds is 2. The fourth-order valence-corrected chi connectivity index (χ4v) is 1.87. The van der Waals surface area contributed by atoms with Crippen molar-refractivity contribution in [1.29, 1.82) is 0 Å². The van der Waals surface area contributed by atoms with Crippen LogP contribution in [0.4, 0.5) is 5.69 Å². The molecule has 1 aromatic heterocycles. The molecule has 0 atom stereocenters. The Morgan fingerprint density at radius 3 is 2.93 bits per heavy atom. The SMILES string of the molecule is COC1CC(O)(c2cnccc2N)C1. The van der Waals surface area contributed by atoms with E-state index in [-0.39, 0.29) is 6.10 Å². The Morgan fingerprint density at radius 1 is 1.64 bits per heavy atom. The molecule has 0 radical (unpaired) electrons. The van der Waals surface area contributed by atoms with Crippen molar-refractivity contribution in [1.82, 2.24) is 4.98 Å². The number of nitrogens with zero attached hydrogens (tertiary/aromatic N) is 1. The molecule has 4 nitrogen and oxygen atoms in total. The van der Waals surface area contributed by atoms with Crippen molar-refractivity contribution >= 4 is 5.69 Å². The molecule has 0 unspecified atom stereocenters. The molecule has 0 bridgehead atoms. The van der Waals surface area contributed by atoms with E-state index < -0.39 is 5.60 Å². The van der Waals surface area contributed by atoms with Crippen LogP contribution in [0.1, 0.15) is 18.4 Å². The lowest BCUT2D eigenvalue weighted by atomic mass is 9.73. The molecule has 1 aliphatic rings. The Balaban J connectivity index is 2.21. The molecule has 1 saturated carbocycles. The van der Waals surface area contributed by atoms with Gasteiger partial charge in [-0.25, -0.2) is 0 Å². The number of aliphatic hydroxyl groups is 1. The number of hydrogen-bond acceptors (Lipinski definition) is 4. The van der Waals surface area contributed by atoms with Crippen LogP contribution in [-0.4, -0.2) is 23.3 Å². The molecule has 76 valence electrons. The lowest BCUT2D eigenvalue weighted by molar-refractivity contribution is -0.132. The van der Waals surface area contributed by atoms with Crippen LogP contribution < -0.4 is 5.73 Å². The Kier molecular flexibility index (Phi) is 2.17. The summed E-state index contributed by atoms with van der Waals surface area (Å²) in [6.07, 6.45) is 4.58. The number of nitrogens with two attached hydrogens (primary N) is 1. The molecule has 2 rings (SSSR count). The van der Waals surface area contributed by atoms with Crippen LogP contribution in [0.5, 0.6) is 0 Å². The van der Waals surface area contributed by atoms with Gasteiger partial charge < -0.3 is 15.6 Å². The number of methoxy groups -OCH3 is 1. The summed E-state index contributed by atoms with van der Waals surface area (Å²) in [5.74, 6) is 0. The summed E-state index contributed by atoms with van der Waals surface area (Å²) < 4.78 is 5.12. The monoisotopic (exact) mass is 194 g/mol. The highest BCUT2D eigenvalue weighted by Gasteiger charge is 2.45. The minimum atomic E-state index is -0.834. The Labute approximate surface area is 82.7 Å². The topological polar surface area (TPSA) is 68.4 Å². The zero-order valence-corrected chi connectivity index (χ0v) is 8.10. The van der Waals surface area contributed by atoms with Crippen molar-refractivity contribution in [2.24, 2.45) is 0 Å². The largest absolute Gasteiger partial charge is 0.398 e. The van der Waals surface area contributed by atoms with Gasteiger partial charge in [-0.3, -0.25) is 4.98 Å². The third-order valence-electron chi connectivity index (χ3n) is 2.82. The number of pyridine rings is 1. The standard InChI is InChI=1S/C10H14N2O2/c1-14-7-4-10(13,5-7)8-6-12-3-2-9(8)11/h2-3,6-7,13H,4-5H2,1H3,(H2,11,12). The van der Waals surface area contributed by atoms with E-state index in [1.165, 1.54) is 0 Å². The van der Waals surface area contributed by atoms with Gasteiger partial charge >= 0.3 is 0 Å². The lowest BCUT2D eigenvalue weighted by Crippen LogP contribution is -2.45. The van der Waals surface area contributed by atoms with Crippen LogP contribution >= 0.6 is 0 Å². The van der Waals surface area contributed by atoms with E-state index in [1.807, 2.05) is 0 Å². The number of aromatic nitrogens is 1. The fourth-order valence-electron chi connectivity index (χ4n) is 1.87. The summed E-state index contributed by atoms with van der Waals surface area (Å²) in [6.45, 7) is 0. The van der Waals surface area contributed by atoms with E-state index in [1.54, 1.807) is 25.6 Å². The van der Waals surface area contributed by atoms with Gasteiger partial charge in [-0.05, 0) is 6.07 Å². The Morgan fingerprint density at radius 2 is 2.36 bits per heavy atom. The van der Waals surface area contributed by atoms with Gasteiger partial charge in [0.1, 0.15) is 0 Å². The lowest BCUT2D eigenvalue weighted by Gasteiger charge is -2.43. The average molecular weight is 194 g/mol. The molecular formula is C10H14N2O2. The van der Waals surface area contributed by atoms with Crippen molar-refractivity contribution < 1.29 is 9.84 Å². The number of anilines is 1. The molecule has 14 heavy (non-hydrogen) atoms. The van der Waals surface area contributed by atoms with Gasteiger partial charge in [-0.15, -0.1) is 0 Å². The second-order valence-electron chi connectivity index (χ2n) is 3.76. The first-order chi connectivity index (χ1) is 6.65. The van der Waals surface area contributed by atoms with E-state index in [0.29, 0.717) is 24.1 Å². The highest BCUT2D eigenvalue weighted by molar-refractivity contribution is 5.48. The molecule has 0 aliphatic heterocycles. The third-order valence-corrected chi connectivity index (χ3v) is 2.82. The molecule has 1 aromatic rings. The van der Waals surface area contributed by atoms with Gasteiger partial charge in [-0.1, -0.05) is 0 Å². The van der Waals surface area contributed by atoms with Gasteiger partial charge in [0.05, 0.1) is 11.7 Å². The summed E-state index contributed by atoms with van der Waals surface area (Å²) in [5.41, 5.74) is 6.24. The number of nitrogen functional groups attached to an aromatic ring is 1. The maximum absolute atomic E-state index is 10.2. The molecule has 0 saturated heterocycles. The second-order valence-corrected chi connectivity index (χ2v) is 3.76. The molecule has 1 aliphatic carbocycles. The summed E-state index contributed by atoms with van der Waals surface area (Å²) in [5, 5.41) is 10.2. The van der Waals surface area contributed by atoms with Crippen LogP contribution in [0.25, 0.3) is 0 Å². The summed E-state index contributed by atoms with van der Waals surface area (Å²) in [4.78, 5) is 3.96. The first kappa shape index (κ1) is 9.43. The van der Waals surface area contributed by atoms with Crippen molar-refractivity contribution in [2.45, 2.75) is 24.5 Å². The highest BCUT2D eigenvalue weighted by Crippen LogP contribution is 2.44. The Hall–Kier alpha value is -1.13. The van der Waals surface area contributed by atoms with Crippen LogP contribution in [-0.2, 0) is 10.3 Å². The van der Waals surface area contributed by atoms with E-state index in [9.17, 15) is 5.11 Å². The van der Waals surface area contributed by atoms with Gasteiger partial charge in [0, 0.05) is 43.6 Å². The molecule has 4 heteroatoms. The first-order valence-corrected chi connectivity index (χ1v) is 4.61. The molecule has 3 N–H and O–H groups in total. The second kappa shape index (κ2) is 3.22. The van der Waals surface area contributed by atoms with Crippen LogP contribution in [0.2, 0.25) is 0 Å². The molecule has 0 aromatic carbocycles. The smallest absolute Gasteiger partial charge is 0.0980 e. The molecule has 0 spiro atoms. The zero-order valence-electron chi connectivity index (χ0n) is 8.10. The predicted octanol–water partition coefficient (Wildman–Crippen LogP) is 0.660. The van der Waals surface area contributed by atoms with E-state index in [4.69, 9.17) is 10.5 Å². The third kappa shape index (κ3) is 1.36. The fraction of sp³-hybridized carbons (Fsp3) is 0.500. The maximum atomic E-state index is 10.2. The maximum Gasteiger partial charge on any atom is 0.0980 e. The zero-order chi connectivity index (χ0) is 10.2. The molecule has 1 fully saturated rings. The van der Waals surface area contributed by atoms with Crippen LogP contribution in [0.3, 0.4) is 0 Å². The molecular weight excluding hydrogens is 180 g/mol. The Bertz CT molecular complexity index is 335. The quantitative estimate of drug-likeness (QED) is 0.725. The predicted molar refractivity (Wildman–Crippen MR) is 52.6 cm³/mol. The summed E-state index contributed by atoms with van der Waals surface area (Å²) in [6, 6.07) is 1.70. The van der Waals surface area contributed by atoms with Crippen molar-refractivity contribution in [3.8, 4) is 0 Å². The number of ether oxygens (including phenoxy) is 1. The molecule has 1 heterocycles. The van der Waals surface area contributed by atoms with Gasteiger partial charge in [0.2, 0.25) is 0 Å². The minimum absolute atomic E-state index is 0.139. The summed E-state index contributed by atoms with van der Waals surface area (Å²) >= 11 is 0. The van der Waals surface area contributed by atoms with Gasteiger partial charge in [0.25, 0.3) is 0 Å². The molecule has 0 amide bonds. The van der Waals surface area contributed by atoms with E-state index in [0.717, 1.165) is 0 Å². The normalized spacial score (nSPS) is 31.1. The van der Waals surface area contributed by atoms with E-state index >= 15 is 0 Å². The summed E-state index contributed by atoms with van der Waals surface area (Å²) in [7, 11) is 1.65. The van der Waals surface area contributed by atoms with Crippen molar-refractivity contribution in [2.75, 3.05) is 12.8 Å². The highest BCUT2D eigenvalue weighted by atomic mass is 16.5. The van der Waals surface area contributed by atoms with Crippen molar-refractivity contribution in [3.63, 3.8) is 0 Å². The number of hydrogen-bond donors (Lipinski definition) is 2. The van der Waals surface area contributed by atoms with Gasteiger partial charge in [-0.2, -0.15) is 0 Å². The van der Waals surface area contributed by atoms with E-state index in [2.05, 4.69) is 4.98 Å². The van der Waals surface area contributed by atoms with Crippen LogP contribution in [0, 0.1) is 0 Å². The van der Waals surface area contributed by atoms with Gasteiger partial charge in [0.15, 0.2) is 0 Å². The van der Waals surface area contributed by atoms with Crippen molar-refractivity contribution in [3.05, 3.63) is 24.0 Å². The first-order valence-electron chi connectivity index (χ1n) is 4.61. The average Bonchev–Trinajstić information content (AvgIpc) is 2.13.